The standard InChI is InChI=1S/C28H36FN5O2/c1-4-33(5-2)18-10-11-21(3)30-27(35)16-17-28(36)31-26-20-25(22-12-7-6-8-13-22)32-34(26)24-15-9-14-23(29)19-24/h6-9,12-15,19-21H,4-5,10-11,16-18H2,1-3H3,(H,30,35)(H,31,36). The Hall–Kier alpha value is -3.52. The van der Waals surface area contributed by atoms with Crippen molar-refractivity contribution in [3.05, 3.63) is 66.5 Å². The molecule has 0 spiro atoms. The number of anilines is 1. The molecule has 0 fully saturated rings. The molecule has 192 valence electrons. The molecule has 2 amide bonds. The van der Waals surface area contributed by atoms with E-state index in [1.54, 1.807) is 18.2 Å². The van der Waals surface area contributed by atoms with Gasteiger partial charge >= 0.3 is 0 Å². The maximum Gasteiger partial charge on any atom is 0.226 e. The summed E-state index contributed by atoms with van der Waals surface area (Å²) in [5.41, 5.74) is 2.01. The van der Waals surface area contributed by atoms with E-state index in [2.05, 4.69) is 34.5 Å². The van der Waals surface area contributed by atoms with E-state index >= 15 is 0 Å². The summed E-state index contributed by atoms with van der Waals surface area (Å²) in [4.78, 5) is 27.4. The molecule has 0 radical (unpaired) electrons. The zero-order chi connectivity index (χ0) is 25.9. The smallest absolute Gasteiger partial charge is 0.226 e. The second-order valence-corrected chi connectivity index (χ2v) is 8.86. The Labute approximate surface area is 212 Å². The number of rotatable bonds is 13. The van der Waals surface area contributed by atoms with E-state index in [0.29, 0.717) is 17.2 Å². The molecule has 1 atom stereocenters. The molecule has 3 rings (SSSR count). The van der Waals surface area contributed by atoms with Crippen molar-refractivity contribution in [3.63, 3.8) is 0 Å². The number of carbonyl (C=O) groups is 2. The first kappa shape index (κ1) is 27.1. The quantitative estimate of drug-likeness (QED) is 0.350. The van der Waals surface area contributed by atoms with Crippen LogP contribution in [0.3, 0.4) is 0 Å². The van der Waals surface area contributed by atoms with Crippen LogP contribution < -0.4 is 10.6 Å². The minimum Gasteiger partial charge on any atom is -0.354 e. The molecule has 0 saturated heterocycles. The fraction of sp³-hybridized carbons (Fsp3) is 0.393. The van der Waals surface area contributed by atoms with Gasteiger partial charge in [0.1, 0.15) is 11.6 Å². The maximum atomic E-state index is 13.9. The third-order valence-electron chi connectivity index (χ3n) is 6.09. The van der Waals surface area contributed by atoms with Crippen molar-refractivity contribution in [2.45, 2.75) is 52.5 Å². The summed E-state index contributed by atoms with van der Waals surface area (Å²) in [6.45, 7) is 9.34. The Morgan fingerprint density at radius 2 is 1.72 bits per heavy atom. The van der Waals surface area contributed by atoms with Gasteiger partial charge < -0.3 is 15.5 Å². The molecular weight excluding hydrogens is 457 g/mol. The van der Waals surface area contributed by atoms with E-state index in [0.717, 1.165) is 38.0 Å². The van der Waals surface area contributed by atoms with Crippen molar-refractivity contribution < 1.29 is 14.0 Å². The van der Waals surface area contributed by atoms with Gasteiger partial charge in [0, 0.05) is 30.5 Å². The van der Waals surface area contributed by atoms with Gasteiger partial charge in [-0.15, -0.1) is 0 Å². The molecular formula is C28H36FN5O2. The van der Waals surface area contributed by atoms with Crippen molar-refractivity contribution >= 4 is 17.6 Å². The molecule has 0 aliphatic carbocycles. The highest BCUT2D eigenvalue weighted by Crippen LogP contribution is 2.25. The van der Waals surface area contributed by atoms with Gasteiger partial charge in [-0.25, -0.2) is 9.07 Å². The van der Waals surface area contributed by atoms with Crippen molar-refractivity contribution in [1.82, 2.24) is 20.0 Å². The normalized spacial score (nSPS) is 11.9. The summed E-state index contributed by atoms with van der Waals surface area (Å²) in [6, 6.07) is 17.4. The van der Waals surface area contributed by atoms with Gasteiger partial charge in [0.15, 0.2) is 0 Å². The van der Waals surface area contributed by atoms with Crippen LogP contribution in [0.1, 0.15) is 46.5 Å². The lowest BCUT2D eigenvalue weighted by molar-refractivity contribution is -0.124. The van der Waals surface area contributed by atoms with Crippen LogP contribution in [-0.2, 0) is 9.59 Å². The van der Waals surface area contributed by atoms with Gasteiger partial charge in [-0.2, -0.15) is 5.10 Å². The average Bonchev–Trinajstić information content (AvgIpc) is 3.29. The van der Waals surface area contributed by atoms with Crippen LogP contribution in [0.4, 0.5) is 10.2 Å². The second-order valence-electron chi connectivity index (χ2n) is 8.86. The number of benzene rings is 2. The van der Waals surface area contributed by atoms with Crippen LogP contribution in [0.5, 0.6) is 0 Å². The number of hydrogen-bond donors (Lipinski definition) is 2. The summed E-state index contributed by atoms with van der Waals surface area (Å²) in [7, 11) is 0. The van der Waals surface area contributed by atoms with Crippen LogP contribution in [0.15, 0.2) is 60.7 Å². The van der Waals surface area contributed by atoms with Gasteiger partial charge in [-0.1, -0.05) is 50.2 Å². The largest absolute Gasteiger partial charge is 0.354 e. The zero-order valence-electron chi connectivity index (χ0n) is 21.3. The Morgan fingerprint density at radius 3 is 2.42 bits per heavy atom. The number of nitrogens with zero attached hydrogens (tertiary/aromatic N) is 3. The van der Waals surface area contributed by atoms with Gasteiger partial charge in [0.25, 0.3) is 0 Å². The molecule has 7 nitrogen and oxygen atoms in total. The number of aromatic nitrogens is 2. The van der Waals surface area contributed by atoms with E-state index in [1.807, 2.05) is 37.3 Å². The topological polar surface area (TPSA) is 79.3 Å². The number of nitrogens with one attached hydrogen (secondary N) is 2. The predicted octanol–water partition coefficient (Wildman–Crippen LogP) is 5.02. The van der Waals surface area contributed by atoms with Crippen molar-refractivity contribution in [1.29, 1.82) is 0 Å². The first-order chi connectivity index (χ1) is 17.4. The summed E-state index contributed by atoms with van der Waals surface area (Å²) in [5.74, 6) is -0.445. The number of halogens is 1. The first-order valence-corrected chi connectivity index (χ1v) is 12.6. The van der Waals surface area contributed by atoms with E-state index < -0.39 is 5.82 Å². The van der Waals surface area contributed by atoms with Crippen LogP contribution in [0, 0.1) is 5.82 Å². The molecule has 36 heavy (non-hydrogen) atoms. The van der Waals surface area contributed by atoms with Crippen LogP contribution in [-0.4, -0.2) is 52.2 Å². The van der Waals surface area contributed by atoms with E-state index in [-0.39, 0.29) is 30.7 Å². The highest BCUT2D eigenvalue weighted by atomic mass is 19.1. The summed E-state index contributed by atoms with van der Waals surface area (Å²) in [6.07, 6.45) is 2.03. The summed E-state index contributed by atoms with van der Waals surface area (Å²) in [5, 5.41) is 10.4. The third kappa shape index (κ3) is 8.02. The molecule has 8 heteroatoms. The minimum absolute atomic E-state index is 0.0347. The van der Waals surface area contributed by atoms with E-state index in [4.69, 9.17) is 0 Å². The van der Waals surface area contributed by atoms with Crippen LogP contribution in [0.25, 0.3) is 16.9 Å². The van der Waals surface area contributed by atoms with Gasteiger partial charge in [-0.05, 0) is 57.6 Å². The van der Waals surface area contributed by atoms with Crippen molar-refractivity contribution in [2.75, 3.05) is 25.0 Å². The molecule has 0 aliphatic heterocycles. The molecule has 1 unspecified atom stereocenters. The lowest BCUT2D eigenvalue weighted by Crippen LogP contribution is -2.34. The molecule has 1 aromatic heterocycles. The van der Waals surface area contributed by atoms with Crippen molar-refractivity contribution in [2.24, 2.45) is 0 Å². The number of carbonyl (C=O) groups excluding carboxylic acids is 2. The fourth-order valence-electron chi connectivity index (χ4n) is 4.04. The van der Waals surface area contributed by atoms with E-state index in [9.17, 15) is 14.0 Å². The monoisotopic (exact) mass is 493 g/mol. The lowest BCUT2D eigenvalue weighted by Gasteiger charge is -2.19. The molecule has 0 saturated carbocycles. The van der Waals surface area contributed by atoms with Crippen LogP contribution >= 0.6 is 0 Å². The Kier molecular flexibility index (Phi) is 10.2. The average molecular weight is 494 g/mol. The molecule has 2 N–H and O–H groups in total. The molecule has 0 bridgehead atoms. The van der Waals surface area contributed by atoms with Gasteiger partial charge in [0.05, 0.1) is 11.4 Å². The number of hydrogen-bond acceptors (Lipinski definition) is 4. The summed E-state index contributed by atoms with van der Waals surface area (Å²) < 4.78 is 15.4. The van der Waals surface area contributed by atoms with Crippen LogP contribution in [0.2, 0.25) is 0 Å². The van der Waals surface area contributed by atoms with Gasteiger partial charge in [0.2, 0.25) is 11.8 Å². The zero-order valence-corrected chi connectivity index (χ0v) is 21.3. The Bertz CT molecular complexity index is 1130. The summed E-state index contributed by atoms with van der Waals surface area (Å²) >= 11 is 0. The maximum absolute atomic E-state index is 13.9. The van der Waals surface area contributed by atoms with Crippen molar-refractivity contribution in [3.8, 4) is 16.9 Å². The molecule has 1 heterocycles. The highest BCUT2D eigenvalue weighted by molar-refractivity contribution is 5.93. The molecule has 2 aromatic carbocycles. The molecule has 0 aliphatic rings. The first-order valence-electron chi connectivity index (χ1n) is 12.6. The SMILES string of the molecule is CCN(CC)CCCC(C)NC(=O)CCC(=O)Nc1cc(-c2ccccc2)nn1-c1cccc(F)c1. The second kappa shape index (κ2) is 13.5. The van der Waals surface area contributed by atoms with E-state index in [1.165, 1.54) is 16.8 Å². The minimum atomic E-state index is -0.399. The number of amides is 2. The molecule has 3 aromatic rings. The Morgan fingerprint density at radius 1 is 1.00 bits per heavy atom. The Balaban J connectivity index is 1.58. The lowest BCUT2D eigenvalue weighted by atomic mass is 10.1. The van der Waals surface area contributed by atoms with Gasteiger partial charge in [-0.3, -0.25) is 9.59 Å². The fourth-order valence-corrected chi connectivity index (χ4v) is 4.04. The predicted molar refractivity (Wildman–Crippen MR) is 141 cm³/mol. The highest BCUT2D eigenvalue weighted by Gasteiger charge is 2.16. The third-order valence-corrected chi connectivity index (χ3v) is 6.09.